The van der Waals surface area contributed by atoms with Crippen molar-refractivity contribution < 1.29 is 9.59 Å². The fraction of sp³-hybridized carbons (Fsp3) is 0.250. The van der Waals surface area contributed by atoms with Gasteiger partial charge in [-0.15, -0.1) is 0 Å². The molecular weight excluding hydrogens is 406 g/mol. The zero-order chi connectivity index (χ0) is 23.8. The highest BCUT2D eigenvalue weighted by Gasteiger charge is 2.18. The molecule has 0 radical (unpaired) electrons. The molecule has 2 heterocycles. The Morgan fingerprint density at radius 3 is 2.44 bits per heavy atom. The number of nitrogens with zero attached hydrogens (tertiary/aromatic N) is 2. The molecule has 2 amide bonds. The number of hydrogen-bond donors (Lipinski definition) is 3. The zero-order valence-electron chi connectivity index (χ0n) is 18.8. The van der Waals surface area contributed by atoms with Crippen molar-refractivity contribution in [2.75, 3.05) is 0 Å². The molecule has 8 heteroatoms. The third-order valence-electron chi connectivity index (χ3n) is 5.06. The van der Waals surface area contributed by atoms with Crippen LogP contribution in [0.4, 0.5) is 0 Å². The average Bonchev–Trinajstić information content (AvgIpc) is 3.14. The maximum Gasteiger partial charge on any atom is 0.255 e. The lowest BCUT2D eigenvalue weighted by Crippen LogP contribution is -2.28. The molecule has 0 bridgehead atoms. The molecular formula is C24H29N5O3. The van der Waals surface area contributed by atoms with Crippen LogP contribution in [0, 0.1) is 20.8 Å². The Labute approximate surface area is 187 Å². The molecule has 0 saturated heterocycles. The third kappa shape index (κ3) is 6.04. The number of aromatic amines is 1. The van der Waals surface area contributed by atoms with Gasteiger partial charge < -0.3 is 16.0 Å². The van der Waals surface area contributed by atoms with Crippen molar-refractivity contribution in [2.45, 2.75) is 40.3 Å². The zero-order valence-corrected chi connectivity index (χ0v) is 18.8. The van der Waals surface area contributed by atoms with E-state index in [1.54, 1.807) is 6.20 Å². The SMILES string of the molecule is C=CC(N)=O.Cc1cc(C)c(CNC(=O)c2cnn(C(C)c3ccccc3)c2C)c(=O)[nH]1. The molecule has 2 aromatic heterocycles. The summed E-state index contributed by atoms with van der Waals surface area (Å²) < 4.78 is 1.84. The van der Waals surface area contributed by atoms with E-state index in [1.165, 1.54) is 0 Å². The maximum atomic E-state index is 12.6. The first-order valence-electron chi connectivity index (χ1n) is 10.1. The molecule has 0 aliphatic rings. The number of nitrogens with two attached hydrogens (primary N) is 1. The van der Waals surface area contributed by atoms with Crippen LogP contribution in [0.5, 0.6) is 0 Å². The number of benzene rings is 1. The van der Waals surface area contributed by atoms with Gasteiger partial charge in [-0.25, -0.2) is 0 Å². The van der Waals surface area contributed by atoms with Gasteiger partial charge in [-0.05, 0) is 51.0 Å². The van der Waals surface area contributed by atoms with E-state index in [0.717, 1.165) is 28.6 Å². The Hall–Kier alpha value is -3.94. The van der Waals surface area contributed by atoms with E-state index in [2.05, 4.69) is 27.7 Å². The minimum atomic E-state index is -0.481. The lowest BCUT2D eigenvalue weighted by Gasteiger charge is -2.15. The highest BCUT2D eigenvalue weighted by atomic mass is 16.2. The molecule has 1 atom stereocenters. The number of nitrogens with one attached hydrogen (secondary N) is 2. The number of aryl methyl sites for hydroxylation is 2. The molecule has 0 fully saturated rings. The van der Waals surface area contributed by atoms with Crippen molar-refractivity contribution in [3.63, 3.8) is 0 Å². The number of hydrogen-bond acceptors (Lipinski definition) is 4. The first-order valence-corrected chi connectivity index (χ1v) is 10.1. The molecule has 4 N–H and O–H groups in total. The fourth-order valence-electron chi connectivity index (χ4n) is 3.27. The second kappa shape index (κ2) is 10.9. The number of rotatable bonds is 6. The summed E-state index contributed by atoms with van der Waals surface area (Å²) in [7, 11) is 0. The van der Waals surface area contributed by atoms with E-state index in [0.29, 0.717) is 11.1 Å². The van der Waals surface area contributed by atoms with E-state index in [4.69, 9.17) is 0 Å². The predicted molar refractivity (Wildman–Crippen MR) is 124 cm³/mol. The highest BCUT2D eigenvalue weighted by molar-refractivity contribution is 5.95. The summed E-state index contributed by atoms with van der Waals surface area (Å²) in [6, 6.07) is 11.9. The Morgan fingerprint density at radius 1 is 1.25 bits per heavy atom. The topological polar surface area (TPSA) is 123 Å². The quantitative estimate of drug-likeness (QED) is 0.515. The minimum Gasteiger partial charge on any atom is -0.366 e. The van der Waals surface area contributed by atoms with Gasteiger partial charge in [0.2, 0.25) is 5.91 Å². The molecule has 3 rings (SSSR count). The molecule has 0 aliphatic heterocycles. The van der Waals surface area contributed by atoms with Crippen LogP contribution in [-0.4, -0.2) is 26.6 Å². The van der Waals surface area contributed by atoms with Crippen molar-refractivity contribution in [3.8, 4) is 0 Å². The Bertz CT molecular complexity index is 1160. The van der Waals surface area contributed by atoms with Crippen molar-refractivity contribution in [1.82, 2.24) is 20.1 Å². The van der Waals surface area contributed by atoms with Crippen LogP contribution >= 0.6 is 0 Å². The summed E-state index contributed by atoms with van der Waals surface area (Å²) >= 11 is 0. The molecule has 0 saturated carbocycles. The lowest BCUT2D eigenvalue weighted by atomic mass is 10.1. The monoisotopic (exact) mass is 435 g/mol. The standard InChI is InChI=1S/C21H24N4O2.C3H5NO/c1-13-10-14(2)24-21(27)18(13)11-22-20(26)19-12-23-25(16(19)4)15(3)17-8-6-5-7-9-17;1-2-3(4)5/h5-10,12,15H,11H2,1-4H3,(H,22,26)(H,24,27);2H,1H2,(H2,4,5). The number of H-pyrrole nitrogens is 1. The molecule has 168 valence electrons. The van der Waals surface area contributed by atoms with Gasteiger partial charge in [-0.1, -0.05) is 36.9 Å². The summed E-state index contributed by atoms with van der Waals surface area (Å²) in [6.07, 6.45) is 2.64. The molecule has 32 heavy (non-hydrogen) atoms. The van der Waals surface area contributed by atoms with Crippen LogP contribution in [-0.2, 0) is 11.3 Å². The van der Waals surface area contributed by atoms with Crippen molar-refractivity contribution in [2.24, 2.45) is 5.73 Å². The van der Waals surface area contributed by atoms with E-state index < -0.39 is 5.91 Å². The first kappa shape index (κ1) is 24.3. The third-order valence-corrected chi connectivity index (χ3v) is 5.06. The number of carbonyl (C=O) groups is 2. The maximum absolute atomic E-state index is 12.6. The van der Waals surface area contributed by atoms with Gasteiger partial charge in [-0.3, -0.25) is 19.1 Å². The molecule has 1 aromatic carbocycles. The highest BCUT2D eigenvalue weighted by Crippen LogP contribution is 2.20. The molecule has 1 unspecified atom stereocenters. The van der Waals surface area contributed by atoms with Crippen molar-refractivity contribution in [1.29, 1.82) is 0 Å². The minimum absolute atomic E-state index is 0.0231. The molecule has 0 aliphatic carbocycles. The van der Waals surface area contributed by atoms with Gasteiger partial charge in [0.1, 0.15) is 0 Å². The second-order valence-corrected chi connectivity index (χ2v) is 7.41. The van der Waals surface area contributed by atoms with Gasteiger partial charge in [0, 0.05) is 23.5 Å². The van der Waals surface area contributed by atoms with E-state index in [1.807, 2.05) is 68.8 Å². The van der Waals surface area contributed by atoms with E-state index in [9.17, 15) is 14.4 Å². The number of carbonyl (C=O) groups excluding carboxylic acids is 2. The summed E-state index contributed by atoms with van der Waals surface area (Å²) in [5.74, 6) is -0.719. The van der Waals surface area contributed by atoms with Gasteiger partial charge in [0.25, 0.3) is 11.5 Å². The number of aromatic nitrogens is 3. The number of amides is 2. The van der Waals surface area contributed by atoms with Crippen LogP contribution in [0.25, 0.3) is 0 Å². The Kier molecular flexibility index (Phi) is 8.29. The van der Waals surface area contributed by atoms with Gasteiger partial charge in [-0.2, -0.15) is 5.10 Å². The van der Waals surface area contributed by atoms with Crippen LogP contribution in [0.1, 0.15) is 51.4 Å². The smallest absolute Gasteiger partial charge is 0.255 e. The van der Waals surface area contributed by atoms with Gasteiger partial charge in [0.05, 0.1) is 17.8 Å². The van der Waals surface area contributed by atoms with Crippen LogP contribution in [0.15, 0.2) is 60.0 Å². The summed E-state index contributed by atoms with van der Waals surface area (Å²) in [5, 5.41) is 7.24. The largest absolute Gasteiger partial charge is 0.366 e. The van der Waals surface area contributed by atoms with Crippen molar-refractivity contribution in [3.05, 3.63) is 99.2 Å². The predicted octanol–water partition coefficient (Wildman–Crippen LogP) is 2.69. The Balaban J connectivity index is 0.000000654. The lowest BCUT2D eigenvalue weighted by molar-refractivity contribution is -0.113. The number of pyridine rings is 1. The fourth-order valence-corrected chi connectivity index (χ4v) is 3.27. The second-order valence-electron chi connectivity index (χ2n) is 7.41. The Morgan fingerprint density at radius 2 is 1.88 bits per heavy atom. The molecule has 8 nitrogen and oxygen atoms in total. The van der Waals surface area contributed by atoms with Crippen molar-refractivity contribution >= 4 is 11.8 Å². The summed E-state index contributed by atoms with van der Waals surface area (Å²) in [4.78, 5) is 37.0. The first-order chi connectivity index (χ1) is 15.1. The average molecular weight is 436 g/mol. The van der Waals surface area contributed by atoms with Gasteiger partial charge >= 0.3 is 0 Å². The molecule has 3 aromatic rings. The van der Waals surface area contributed by atoms with Gasteiger partial charge in [0.15, 0.2) is 0 Å². The summed E-state index contributed by atoms with van der Waals surface area (Å²) in [6.45, 7) is 10.9. The van der Waals surface area contributed by atoms with Crippen LogP contribution in [0.2, 0.25) is 0 Å². The van der Waals surface area contributed by atoms with E-state index >= 15 is 0 Å². The number of primary amides is 1. The normalized spacial score (nSPS) is 11.1. The van der Waals surface area contributed by atoms with E-state index in [-0.39, 0.29) is 24.1 Å². The molecule has 0 spiro atoms. The van der Waals surface area contributed by atoms with Crippen LogP contribution in [0.3, 0.4) is 0 Å². The summed E-state index contributed by atoms with van der Waals surface area (Å²) in [5.41, 5.74) is 9.03. The van der Waals surface area contributed by atoms with Crippen LogP contribution < -0.4 is 16.6 Å².